The Morgan fingerprint density at radius 2 is 2.27 bits per heavy atom. The molecule has 0 fully saturated rings. The molecule has 3 heterocycles. The van der Waals surface area contributed by atoms with Crippen molar-refractivity contribution in [2.75, 3.05) is 12.0 Å². The van der Waals surface area contributed by atoms with E-state index in [1.165, 1.54) is 11.3 Å². The molecule has 8 heteroatoms. The molecule has 7 nitrogen and oxygen atoms in total. The van der Waals surface area contributed by atoms with Gasteiger partial charge in [0.25, 0.3) is 0 Å². The van der Waals surface area contributed by atoms with E-state index in [0.717, 1.165) is 28.6 Å². The topological polar surface area (TPSA) is 81.4 Å². The first-order chi connectivity index (χ1) is 14.7. The highest BCUT2D eigenvalue weighted by Gasteiger charge is 2.08. The minimum atomic E-state index is -0.276. The summed E-state index contributed by atoms with van der Waals surface area (Å²) in [5, 5.41) is 7.87. The van der Waals surface area contributed by atoms with Crippen LogP contribution in [0.15, 0.2) is 65.5 Å². The minimum Gasteiger partial charge on any atom is -0.466 e. The lowest BCUT2D eigenvalue weighted by Gasteiger charge is -2.05. The predicted octanol–water partition coefficient (Wildman–Crippen LogP) is 4.09. The van der Waals surface area contributed by atoms with Gasteiger partial charge < -0.3 is 9.30 Å². The van der Waals surface area contributed by atoms with Crippen LogP contribution in [0.25, 0.3) is 10.9 Å². The van der Waals surface area contributed by atoms with Gasteiger partial charge in [-0.25, -0.2) is 4.98 Å². The van der Waals surface area contributed by atoms with Crippen molar-refractivity contribution in [1.29, 1.82) is 0 Å². The number of anilines is 1. The van der Waals surface area contributed by atoms with Crippen LogP contribution in [0.1, 0.15) is 23.7 Å². The highest BCUT2D eigenvalue weighted by atomic mass is 32.1. The lowest BCUT2D eigenvalue weighted by Crippen LogP contribution is -2.07. The first-order valence-electron chi connectivity index (χ1n) is 9.58. The Hall–Kier alpha value is -3.52. The Morgan fingerprint density at radius 3 is 3.10 bits per heavy atom. The third kappa shape index (κ3) is 4.90. The van der Waals surface area contributed by atoms with Crippen molar-refractivity contribution >= 4 is 39.6 Å². The van der Waals surface area contributed by atoms with Crippen molar-refractivity contribution in [2.24, 2.45) is 5.10 Å². The van der Waals surface area contributed by atoms with Crippen LogP contribution in [0.4, 0.5) is 5.13 Å². The van der Waals surface area contributed by atoms with Gasteiger partial charge in [-0.3, -0.25) is 15.2 Å². The molecule has 0 aliphatic rings. The molecule has 0 saturated heterocycles. The summed E-state index contributed by atoms with van der Waals surface area (Å²) >= 11 is 1.40. The van der Waals surface area contributed by atoms with Gasteiger partial charge in [0, 0.05) is 41.4 Å². The number of esters is 1. The molecule has 0 radical (unpaired) electrons. The quantitative estimate of drug-likeness (QED) is 0.264. The second kappa shape index (κ2) is 9.32. The van der Waals surface area contributed by atoms with Gasteiger partial charge in [0.15, 0.2) is 0 Å². The predicted molar refractivity (Wildman–Crippen MR) is 119 cm³/mol. The van der Waals surface area contributed by atoms with Crippen LogP contribution in [0, 0.1) is 0 Å². The van der Waals surface area contributed by atoms with E-state index in [2.05, 4.69) is 55.5 Å². The van der Waals surface area contributed by atoms with Gasteiger partial charge in [-0.15, -0.1) is 11.3 Å². The Balaban J connectivity index is 1.39. The number of rotatable bonds is 8. The monoisotopic (exact) mass is 419 g/mol. The number of benzene rings is 1. The van der Waals surface area contributed by atoms with Gasteiger partial charge >= 0.3 is 5.97 Å². The second-order valence-corrected chi connectivity index (χ2v) is 7.48. The number of hydrogen-bond acceptors (Lipinski definition) is 7. The maximum atomic E-state index is 11.5. The SMILES string of the molecule is CCOC(=O)Cc1csc(NN=Cc2ccc3c(ccn3Cc3cccnc3)c2)n1. The first kappa shape index (κ1) is 19.8. The average Bonchev–Trinajstić information content (AvgIpc) is 3.36. The number of carbonyl (C=O) groups is 1. The fraction of sp³-hybridized carbons (Fsp3) is 0.182. The zero-order chi connectivity index (χ0) is 20.8. The molecule has 4 rings (SSSR count). The maximum absolute atomic E-state index is 11.5. The Kier molecular flexibility index (Phi) is 6.14. The Labute approximate surface area is 178 Å². The van der Waals surface area contributed by atoms with E-state index < -0.39 is 0 Å². The molecular formula is C22H21N5O2S. The molecule has 1 aromatic carbocycles. The van der Waals surface area contributed by atoms with Gasteiger partial charge in [-0.2, -0.15) is 5.10 Å². The second-order valence-electron chi connectivity index (χ2n) is 6.62. The van der Waals surface area contributed by atoms with E-state index >= 15 is 0 Å². The van der Waals surface area contributed by atoms with E-state index in [9.17, 15) is 4.79 Å². The molecular weight excluding hydrogens is 398 g/mol. The zero-order valence-corrected chi connectivity index (χ0v) is 17.3. The largest absolute Gasteiger partial charge is 0.466 e. The van der Waals surface area contributed by atoms with Crippen molar-refractivity contribution in [1.82, 2.24) is 14.5 Å². The number of nitrogens with one attached hydrogen (secondary N) is 1. The van der Waals surface area contributed by atoms with E-state index in [1.54, 1.807) is 19.3 Å². The van der Waals surface area contributed by atoms with Crippen molar-refractivity contribution in [2.45, 2.75) is 19.9 Å². The summed E-state index contributed by atoms with van der Waals surface area (Å²) in [4.78, 5) is 20.0. The summed E-state index contributed by atoms with van der Waals surface area (Å²) in [7, 11) is 0. The number of fused-ring (bicyclic) bond motifs is 1. The van der Waals surface area contributed by atoms with Gasteiger partial charge in [0.1, 0.15) is 0 Å². The van der Waals surface area contributed by atoms with Crippen LogP contribution >= 0.6 is 11.3 Å². The van der Waals surface area contributed by atoms with Gasteiger partial charge in [-0.05, 0) is 42.3 Å². The summed E-state index contributed by atoms with van der Waals surface area (Å²) in [6, 6.07) is 12.3. The third-order valence-corrected chi connectivity index (χ3v) is 5.22. The molecule has 4 aromatic rings. The lowest BCUT2D eigenvalue weighted by molar-refractivity contribution is -0.142. The molecule has 152 valence electrons. The van der Waals surface area contributed by atoms with Crippen molar-refractivity contribution in [3.05, 3.63) is 77.2 Å². The third-order valence-electron chi connectivity index (χ3n) is 4.43. The molecule has 0 saturated carbocycles. The summed E-state index contributed by atoms with van der Waals surface area (Å²) in [5.41, 5.74) is 6.90. The number of hydrazone groups is 1. The fourth-order valence-electron chi connectivity index (χ4n) is 3.09. The molecule has 0 aliphatic carbocycles. The van der Waals surface area contributed by atoms with Gasteiger partial charge in [0.2, 0.25) is 5.13 Å². The highest BCUT2D eigenvalue weighted by molar-refractivity contribution is 7.13. The van der Waals surface area contributed by atoms with E-state index in [0.29, 0.717) is 17.4 Å². The lowest BCUT2D eigenvalue weighted by atomic mass is 10.2. The van der Waals surface area contributed by atoms with Crippen LogP contribution in [-0.4, -0.2) is 33.3 Å². The average molecular weight is 420 g/mol. The molecule has 30 heavy (non-hydrogen) atoms. The molecule has 0 aliphatic heterocycles. The van der Waals surface area contributed by atoms with Gasteiger partial charge in [-0.1, -0.05) is 12.1 Å². The van der Waals surface area contributed by atoms with Crippen LogP contribution < -0.4 is 5.43 Å². The fourth-order valence-corrected chi connectivity index (χ4v) is 3.75. The highest BCUT2D eigenvalue weighted by Crippen LogP contribution is 2.19. The minimum absolute atomic E-state index is 0.169. The van der Waals surface area contributed by atoms with E-state index in [4.69, 9.17) is 4.74 Å². The number of carbonyl (C=O) groups excluding carboxylic acids is 1. The van der Waals surface area contributed by atoms with E-state index in [-0.39, 0.29) is 12.4 Å². The zero-order valence-electron chi connectivity index (χ0n) is 16.5. The normalized spacial score (nSPS) is 11.2. The molecule has 3 aromatic heterocycles. The number of hydrogen-bond donors (Lipinski definition) is 1. The van der Waals surface area contributed by atoms with Crippen LogP contribution in [0.5, 0.6) is 0 Å². The number of thiazole rings is 1. The summed E-state index contributed by atoms with van der Waals surface area (Å²) in [6.07, 6.45) is 7.67. The van der Waals surface area contributed by atoms with Crippen molar-refractivity contribution in [3.63, 3.8) is 0 Å². The van der Waals surface area contributed by atoms with Crippen LogP contribution in [-0.2, 0) is 22.5 Å². The molecule has 1 N–H and O–H groups in total. The molecule has 0 unspecified atom stereocenters. The van der Waals surface area contributed by atoms with Crippen molar-refractivity contribution < 1.29 is 9.53 Å². The molecule has 0 atom stereocenters. The molecule has 0 bridgehead atoms. The van der Waals surface area contributed by atoms with Crippen LogP contribution in [0.2, 0.25) is 0 Å². The molecule has 0 spiro atoms. The summed E-state index contributed by atoms with van der Waals surface area (Å²) < 4.78 is 7.14. The maximum Gasteiger partial charge on any atom is 0.311 e. The van der Waals surface area contributed by atoms with Crippen molar-refractivity contribution in [3.8, 4) is 0 Å². The number of ether oxygens (including phenoxy) is 1. The number of nitrogens with zero attached hydrogens (tertiary/aromatic N) is 4. The molecule has 0 amide bonds. The van der Waals surface area contributed by atoms with E-state index in [1.807, 2.05) is 23.7 Å². The Morgan fingerprint density at radius 1 is 1.33 bits per heavy atom. The standard InChI is InChI=1S/C22H21N5O2S/c1-2-29-21(28)11-19-15-30-22(25-19)26-24-13-16-5-6-20-18(10-16)7-9-27(20)14-17-4-3-8-23-12-17/h3-10,12-13,15H,2,11,14H2,1H3,(H,25,26). The number of pyridine rings is 1. The number of aromatic nitrogens is 3. The summed E-state index contributed by atoms with van der Waals surface area (Å²) in [6.45, 7) is 2.94. The van der Waals surface area contributed by atoms with Crippen LogP contribution in [0.3, 0.4) is 0 Å². The van der Waals surface area contributed by atoms with Gasteiger partial charge in [0.05, 0.1) is 24.9 Å². The Bertz CT molecular complexity index is 1170. The summed E-state index contributed by atoms with van der Waals surface area (Å²) in [5.74, 6) is -0.276. The smallest absolute Gasteiger partial charge is 0.311 e. The first-order valence-corrected chi connectivity index (χ1v) is 10.5.